The van der Waals surface area contributed by atoms with E-state index >= 15 is 0 Å². The lowest BCUT2D eigenvalue weighted by Crippen LogP contribution is -2.50. The lowest BCUT2D eigenvalue weighted by molar-refractivity contribution is -0.129. The summed E-state index contributed by atoms with van der Waals surface area (Å²) in [7, 11) is -4.33. The Morgan fingerprint density at radius 2 is 1.82 bits per heavy atom. The van der Waals surface area contributed by atoms with Gasteiger partial charge in [0.2, 0.25) is 11.8 Å². The minimum atomic E-state index is -4.33. The number of carbonyl (C=O) groups is 2. The van der Waals surface area contributed by atoms with Crippen LogP contribution >= 0.6 is 7.60 Å². The minimum Gasteiger partial charge on any atom is -0.343 e. The standard InChI is InChI=1S/C13H20N3O5P/c1-9(12(17)15-8-22(19,20)21)16-13(18)11(14)7-10-5-3-2-4-6-10/h2-6,9,11H,7-8,14H2,1H3,(H,15,17)(H,16,18)(H2,19,20,21)/t9-,11-/m0/s1. The SMILES string of the molecule is C[C@H](NC(=O)[C@@H](N)Cc1ccccc1)C(=O)NCP(=O)(O)O. The van der Waals surface area contributed by atoms with Crippen LogP contribution in [0.2, 0.25) is 0 Å². The summed E-state index contributed by atoms with van der Waals surface area (Å²) < 4.78 is 10.7. The van der Waals surface area contributed by atoms with E-state index in [1.807, 2.05) is 30.3 Å². The zero-order valence-corrected chi connectivity index (χ0v) is 13.0. The van der Waals surface area contributed by atoms with Crippen LogP contribution in [0.15, 0.2) is 30.3 Å². The second-order valence-corrected chi connectivity index (χ2v) is 6.54. The summed E-state index contributed by atoms with van der Waals surface area (Å²) in [6.45, 7) is 1.40. The molecule has 2 amide bonds. The highest BCUT2D eigenvalue weighted by Crippen LogP contribution is 2.31. The van der Waals surface area contributed by atoms with E-state index in [0.29, 0.717) is 6.42 Å². The van der Waals surface area contributed by atoms with Crippen molar-refractivity contribution in [3.63, 3.8) is 0 Å². The maximum absolute atomic E-state index is 11.9. The van der Waals surface area contributed by atoms with Crippen LogP contribution in [0, 0.1) is 0 Å². The van der Waals surface area contributed by atoms with E-state index < -0.39 is 37.8 Å². The molecule has 22 heavy (non-hydrogen) atoms. The van der Waals surface area contributed by atoms with E-state index in [1.54, 1.807) is 0 Å². The fourth-order valence-electron chi connectivity index (χ4n) is 1.68. The Morgan fingerprint density at radius 1 is 1.23 bits per heavy atom. The molecule has 9 heteroatoms. The van der Waals surface area contributed by atoms with Crippen LogP contribution in [-0.4, -0.2) is 40.0 Å². The summed E-state index contributed by atoms with van der Waals surface area (Å²) in [6.07, 6.45) is -0.453. The third-order valence-corrected chi connectivity index (χ3v) is 3.42. The van der Waals surface area contributed by atoms with Gasteiger partial charge in [-0.25, -0.2) is 0 Å². The van der Waals surface area contributed by atoms with Gasteiger partial charge in [-0.05, 0) is 18.9 Å². The molecule has 0 aliphatic heterocycles. The van der Waals surface area contributed by atoms with Crippen molar-refractivity contribution < 1.29 is 23.9 Å². The molecule has 0 fully saturated rings. The molecule has 1 rings (SSSR count). The van der Waals surface area contributed by atoms with Crippen LogP contribution < -0.4 is 16.4 Å². The number of amides is 2. The molecule has 0 radical (unpaired) electrons. The average Bonchev–Trinajstić information content (AvgIpc) is 2.44. The summed E-state index contributed by atoms with van der Waals surface area (Å²) in [5, 5.41) is 4.47. The maximum Gasteiger partial charge on any atom is 0.344 e. The molecule has 0 unspecified atom stereocenters. The number of rotatable bonds is 7. The quantitative estimate of drug-likeness (QED) is 0.419. The number of carbonyl (C=O) groups excluding carboxylic acids is 2. The van der Waals surface area contributed by atoms with Crippen LogP contribution in [0.25, 0.3) is 0 Å². The highest BCUT2D eigenvalue weighted by molar-refractivity contribution is 7.51. The highest BCUT2D eigenvalue weighted by atomic mass is 31.2. The average molecular weight is 329 g/mol. The third kappa shape index (κ3) is 6.82. The van der Waals surface area contributed by atoms with Crippen LogP contribution in [0.5, 0.6) is 0 Å². The normalized spacial score (nSPS) is 14.0. The van der Waals surface area contributed by atoms with Gasteiger partial charge in [0.05, 0.1) is 6.04 Å². The first kappa shape index (κ1) is 18.3. The Kier molecular flexibility index (Phi) is 6.70. The van der Waals surface area contributed by atoms with Gasteiger partial charge in [0.25, 0.3) is 0 Å². The second-order valence-electron chi connectivity index (χ2n) is 4.89. The Hall–Kier alpha value is -1.73. The third-order valence-electron chi connectivity index (χ3n) is 2.85. The topological polar surface area (TPSA) is 142 Å². The monoisotopic (exact) mass is 329 g/mol. The first-order valence-corrected chi connectivity index (χ1v) is 8.41. The molecule has 122 valence electrons. The van der Waals surface area contributed by atoms with Crippen LogP contribution in [0.1, 0.15) is 12.5 Å². The van der Waals surface area contributed by atoms with Crippen LogP contribution in [-0.2, 0) is 20.6 Å². The fraction of sp³-hybridized carbons (Fsp3) is 0.385. The minimum absolute atomic E-state index is 0.323. The van der Waals surface area contributed by atoms with E-state index in [1.165, 1.54) is 6.92 Å². The molecule has 0 bridgehead atoms. The number of hydrogen-bond acceptors (Lipinski definition) is 4. The van der Waals surface area contributed by atoms with Crippen molar-refractivity contribution in [2.75, 3.05) is 6.29 Å². The molecule has 0 spiro atoms. The lowest BCUT2D eigenvalue weighted by atomic mass is 10.1. The number of nitrogens with two attached hydrogens (primary N) is 1. The number of benzene rings is 1. The fourth-order valence-corrected chi connectivity index (χ4v) is 2.04. The van der Waals surface area contributed by atoms with Crippen LogP contribution in [0.3, 0.4) is 0 Å². The maximum atomic E-state index is 11.9. The first-order chi connectivity index (χ1) is 10.2. The summed E-state index contributed by atoms with van der Waals surface area (Å²) in [5.74, 6) is -1.20. The van der Waals surface area contributed by atoms with Crippen molar-refractivity contribution >= 4 is 19.4 Å². The van der Waals surface area contributed by atoms with Gasteiger partial charge in [-0.15, -0.1) is 0 Å². The Labute approximate surface area is 128 Å². The van der Waals surface area contributed by atoms with Gasteiger partial charge in [-0.1, -0.05) is 30.3 Å². The molecule has 0 aliphatic carbocycles. The first-order valence-electron chi connectivity index (χ1n) is 6.61. The molecule has 0 saturated carbocycles. The molecule has 0 heterocycles. The summed E-state index contributed by atoms with van der Waals surface area (Å²) in [6, 6.07) is 7.42. The molecular weight excluding hydrogens is 309 g/mol. The second kappa shape index (κ2) is 8.05. The van der Waals surface area contributed by atoms with Crippen molar-refractivity contribution in [1.29, 1.82) is 0 Å². The summed E-state index contributed by atoms with van der Waals surface area (Å²) in [4.78, 5) is 40.8. The van der Waals surface area contributed by atoms with Gasteiger partial charge >= 0.3 is 7.60 Å². The smallest absolute Gasteiger partial charge is 0.343 e. The predicted octanol–water partition coefficient (Wildman–Crippen LogP) is -0.687. The molecule has 0 aromatic heterocycles. The number of hydrogen-bond donors (Lipinski definition) is 5. The zero-order valence-electron chi connectivity index (χ0n) is 12.1. The Bertz CT molecular complexity index is 560. The highest BCUT2D eigenvalue weighted by Gasteiger charge is 2.22. The largest absolute Gasteiger partial charge is 0.344 e. The van der Waals surface area contributed by atoms with E-state index in [0.717, 1.165) is 5.56 Å². The van der Waals surface area contributed by atoms with Crippen molar-refractivity contribution in [2.24, 2.45) is 5.73 Å². The van der Waals surface area contributed by atoms with Crippen molar-refractivity contribution in [2.45, 2.75) is 25.4 Å². The molecule has 8 nitrogen and oxygen atoms in total. The van der Waals surface area contributed by atoms with Crippen molar-refractivity contribution in [3.05, 3.63) is 35.9 Å². The van der Waals surface area contributed by atoms with Crippen LogP contribution in [0.4, 0.5) is 0 Å². The summed E-state index contributed by atoms with van der Waals surface area (Å²) >= 11 is 0. The zero-order chi connectivity index (χ0) is 16.8. The van der Waals surface area contributed by atoms with Gasteiger partial charge < -0.3 is 26.2 Å². The van der Waals surface area contributed by atoms with Gasteiger partial charge in [-0.2, -0.15) is 0 Å². The van der Waals surface area contributed by atoms with Gasteiger partial charge in [-0.3, -0.25) is 14.2 Å². The van der Waals surface area contributed by atoms with E-state index in [2.05, 4.69) is 10.6 Å². The lowest BCUT2D eigenvalue weighted by Gasteiger charge is -2.17. The van der Waals surface area contributed by atoms with Gasteiger partial charge in [0.15, 0.2) is 0 Å². The molecule has 6 N–H and O–H groups in total. The van der Waals surface area contributed by atoms with E-state index in [4.69, 9.17) is 15.5 Å². The molecule has 1 aromatic rings. The van der Waals surface area contributed by atoms with E-state index in [9.17, 15) is 14.2 Å². The Balaban J connectivity index is 2.46. The van der Waals surface area contributed by atoms with Gasteiger partial charge in [0.1, 0.15) is 12.3 Å². The van der Waals surface area contributed by atoms with Crippen molar-refractivity contribution in [1.82, 2.24) is 10.6 Å². The van der Waals surface area contributed by atoms with Crippen molar-refractivity contribution in [3.8, 4) is 0 Å². The molecule has 0 aliphatic rings. The predicted molar refractivity (Wildman–Crippen MR) is 80.8 cm³/mol. The van der Waals surface area contributed by atoms with E-state index in [-0.39, 0.29) is 0 Å². The summed E-state index contributed by atoms with van der Waals surface area (Å²) in [5.41, 5.74) is 6.67. The molecular formula is C13H20N3O5P. The number of nitrogens with one attached hydrogen (secondary N) is 2. The molecule has 1 aromatic carbocycles. The molecule has 0 saturated heterocycles. The van der Waals surface area contributed by atoms with Gasteiger partial charge in [0, 0.05) is 0 Å². The Morgan fingerprint density at radius 3 is 2.36 bits per heavy atom. The molecule has 2 atom stereocenters.